The Kier molecular flexibility index (Phi) is 31.0. The second-order valence-corrected chi connectivity index (χ2v) is 15.1. The van der Waals surface area contributed by atoms with Crippen LogP contribution in [-0.4, -0.2) is 87.5 Å². The first-order chi connectivity index (χ1) is 24.3. The van der Waals surface area contributed by atoms with Crippen molar-refractivity contribution in [3.8, 4) is 0 Å². The number of aliphatic hydroxyl groups excluding tert-OH is 5. The van der Waals surface area contributed by atoms with E-state index in [2.05, 4.69) is 19.2 Å². The van der Waals surface area contributed by atoms with E-state index in [1.54, 1.807) is 0 Å². The van der Waals surface area contributed by atoms with Gasteiger partial charge in [0.2, 0.25) is 5.91 Å². The van der Waals surface area contributed by atoms with Gasteiger partial charge in [0, 0.05) is 6.42 Å². The number of carbonyl (C=O) groups is 1. The first kappa shape index (κ1) is 47.2. The smallest absolute Gasteiger partial charge is 0.220 e. The largest absolute Gasteiger partial charge is 0.394 e. The molecule has 0 aromatic heterocycles. The molecule has 298 valence electrons. The first-order valence-corrected chi connectivity index (χ1v) is 21.2. The third-order valence-electron chi connectivity index (χ3n) is 10.5. The highest BCUT2D eigenvalue weighted by Crippen LogP contribution is 2.23. The molecule has 50 heavy (non-hydrogen) atoms. The molecule has 1 amide bonds. The molecule has 1 aliphatic rings. The van der Waals surface area contributed by atoms with Crippen LogP contribution in [0.25, 0.3) is 0 Å². The summed E-state index contributed by atoms with van der Waals surface area (Å²) in [6.07, 6.45) is 27.1. The van der Waals surface area contributed by atoms with Crippen LogP contribution in [0.1, 0.15) is 200 Å². The van der Waals surface area contributed by atoms with E-state index in [9.17, 15) is 30.3 Å². The quantitative estimate of drug-likeness (QED) is 0.0362. The summed E-state index contributed by atoms with van der Waals surface area (Å²) in [6.45, 7) is 3.79. The number of carbonyl (C=O) groups excluding carboxylic acids is 1. The Morgan fingerprint density at radius 1 is 0.600 bits per heavy atom. The van der Waals surface area contributed by atoms with Crippen LogP contribution < -0.4 is 5.32 Å². The molecule has 0 saturated carbocycles. The summed E-state index contributed by atoms with van der Waals surface area (Å²) in [4.78, 5) is 12.9. The van der Waals surface area contributed by atoms with Crippen molar-refractivity contribution < 1.29 is 39.8 Å². The number of hydrogen-bond acceptors (Lipinski definition) is 8. The molecule has 9 heteroatoms. The predicted molar refractivity (Wildman–Crippen MR) is 203 cm³/mol. The molecule has 7 unspecified atom stereocenters. The molecule has 9 nitrogen and oxygen atoms in total. The number of hydrogen-bond donors (Lipinski definition) is 6. The van der Waals surface area contributed by atoms with Crippen LogP contribution in [0.2, 0.25) is 0 Å². The molecule has 6 N–H and O–H groups in total. The zero-order chi connectivity index (χ0) is 36.7. The minimum absolute atomic E-state index is 0.134. The molecule has 1 aliphatic heterocycles. The van der Waals surface area contributed by atoms with E-state index in [4.69, 9.17) is 9.47 Å². The van der Waals surface area contributed by atoms with Gasteiger partial charge in [-0.2, -0.15) is 0 Å². The third kappa shape index (κ3) is 23.7. The van der Waals surface area contributed by atoms with E-state index in [1.165, 1.54) is 135 Å². The zero-order valence-corrected chi connectivity index (χ0v) is 32.4. The molecule has 0 aliphatic carbocycles. The molecule has 0 aromatic rings. The van der Waals surface area contributed by atoms with Crippen molar-refractivity contribution in [1.82, 2.24) is 5.32 Å². The summed E-state index contributed by atoms with van der Waals surface area (Å²) in [5, 5.41) is 53.9. The summed E-state index contributed by atoms with van der Waals surface area (Å²) < 4.78 is 11.2. The van der Waals surface area contributed by atoms with Crippen molar-refractivity contribution in [3.63, 3.8) is 0 Å². The van der Waals surface area contributed by atoms with Gasteiger partial charge in [-0.3, -0.25) is 4.79 Å². The van der Waals surface area contributed by atoms with E-state index < -0.39 is 49.5 Å². The molecule has 0 bridgehead atoms. The van der Waals surface area contributed by atoms with Crippen LogP contribution in [0.15, 0.2) is 0 Å². The minimum Gasteiger partial charge on any atom is -0.394 e. The number of rotatable bonds is 35. The Balaban J connectivity index is 2.23. The highest BCUT2D eigenvalue weighted by atomic mass is 16.7. The number of nitrogens with one attached hydrogen (secondary N) is 1. The van der Waals surface area contributed by atoms with Crippen LogP contribution in [0.4, 0.5) is 0 Å². The van der Waals surface area contributed by atoms with Crippen molar-refractivity contribution >= 4 is 5.91 Å². The van der Waals surface area contributed by atoms with Crippen molar-refractivity contribution in [2.45, 2.75) is 243 Å². The topological polar surface area (TPSA) is 149 Å². The van der Waals surface area contributed by atoms with Crippen LogP contribution in [0.3, 0.4) is 0 Å². The molecule has 0 spiro atoms. The molecular weight excluding hydrogens is 634 g/mol. The Labute approximate surface area is 306 Å². The molecule has 1 saturated heterocycles. The molecule has 1 heterocycles. The van der Waals surface area contributed by atoms with Gasteiger partial charge in [0.1, 0.15) is 24.4 Å². The maximum absolute atomic E-state index is 12.9. The number of ether oxygens (including phenoxy) is 2. The number of amides is 1. The van der Waals surface area contributed by atoms with E-state index in [0.29, 0.717) is 12.8 Å². The summed E-state index contributed by atoms with van der Waals surface area (Å²) in [5.41, 5.74) is 0. The highest BCUT2D eigenvalue weighted by molar-refractivity contribution is 5.76. The highest BCUT2D eigenvalue weighted by Gasteiger charge is 2.44. The fraction of sp³-hybridized carbons (Fsp3) is 0.976. The van der Waals surface area contributed by atoms with Gasteiger partial charge in [-0.05, 0) is 12.8 Å². The van der Waals surface area contributed by atoms with Crippen LogP contribution in [0, 0.1) is 0 Å². The van der Waals surface area contributed by atoms with Gasteiger partial charge in [-0.1, -0.05) is 181 Å². The summed E-state index contributed by atoms with van der Waals surface area (Å²) in [6, 6.07) is -0.708. The molecule has 1 fully saturated rings. The van der Waals surface area contributed by atoms with Crippen LogP contribution in [0.5, 0.6) is 0 Å². The number of aliphatic hydroxyl groups is 5. The standard InChI is InChI=1S/C41H81NO8/c1-3-5-7-9-11-12-13-14-15-16-17-18-19-20-21-22-23-25-27-29-31-37(45)42-34(35(44)30-28-26-24-10-8-6-4-2)33-49-41-40(48)39(47)38(46)36(32-43)50-41/h34-36,38-41,43-44,46-48H,3-33H2,1-2H3,(H,42,45). The van der Waals surface area contributed by atoms with Crippen LogP contribution in [-0.2, 0) is 14.3 Å². The Bertz CT molecular complexity index is 756. The lowest BCUT2D eigenvalue weighted by Gasteiger charge is -2.40. The fourth-order valence-electron chi connectivity index (χ4n) is 6.98. The fourth-order valence-corrected chi connectivity index (χ4v) is 6.98. The van der Waals surface area contributed by atoms with Gasteiger partial charge >= 0.3 is 0 Å². The minimum atomic E-state index is -1.55. The molecular formula is C41H81NO8. The van der Waals surface area contributed by atoms with Crippen LogP contribution >= 0.6 is 0 Å². The lowest BCUT2D eigenvalue weighted by atomic mass is 9.99. The normalized spacial score (nSPS) is 22.1. The van der Waals surface area contributed by atoms with Crippen molar-refractivity contribution in [2.24, 2.45) is 0 Å². The third-order valence-corrected chi connectivity index (χ3v) is 10.5. The monoisotopic (exact) mass is 716 g/mol. The average molecular weight is 716 g/mol. The molecule has 0 radical (unpaired) electrons. The van der Waals surface area contributed by atoms with Gasteiger partial charge < -0.3 is 40.3 Å². The van der Waals surface area contributed by atoms with Gasteiger partial charge in [0.15, 0.2) is 6.29 Å². The summed E-state index contributed by atoms with van der Waals surface area (Å²) in [7, 11) is 0. The van der Waals surface area contributed by atoms with Crippen molar-refractivity contribution in [2.75, 3.05) is 13.2 Å². The van der Waals surface area contributed by atoms with E-state index in [1.807, 2.05) is 0 Å². The first-order valence-electron chi connectivity index (χ1n) is 21.2. The Morgan fingerprint density at radius 3 is 1.42 bits per heavy atom. The second-order valence-electron chi connectivity index (χ2n) is 15.1. The SMILES string of the molecule is CCCCCCCCCCCCCCCCCCCCCCC(=O)NC(COC1OC(CO)C(O)C(O)C1O)C(O)CCCCCCCCC. The number of unbranched alkanes of at least 4 members (excludes halogenated alkanes) is 25. The Morgan fingerprint density at radius 2 is 1.00 bits per heavy atom. The maximum atomic E-state index is 12.9. The predicted octanol–water partition coefficient (Wildman–Crippen LogP) is 8.00. The lowest BCUT2D eigenvalue weighted by Crippen LogP contribution is -2.60. The average Bonchev–Trinajstić information content (AvgIpc) is 3.11. The maximum Gasteiger partial charge on any atom is 0.220 e. The lowest BCUT2D eigenvalue weighted by molar-refractivity contribution is -0.302. The van der Waals surface area contributed by atoms with Gasteiger partial charge in [0.25, 0.3) is 0 Å². The van der Waals surface area contributed by atoms with Gasteiger partial charge in [-0.25, -0.2) is 0 Å². The molecule has 7 atom stereocenters. The van der Waals surface area contributed by atoms with E-state index >= 15 is 0 Å². The zero-order valence-electron chi connectivity index (χ0n) is 32.4. The molecule has 0 aromatic carbocycles. The Hall–Kier alpha value is -0.810. The van der Waals surface area contributed by atoms with E-state index in [0.717, 1.165) is 38.5 Å². The summed E-state index contributed by atoms with van der Waals surface area (Å²) in [5.74, 6) is -0.145. The van der Waals surface area contributed by atoms with Gasteiger partial charge in [0.05, 0.1) is 25.4 Å². The van der Waals surface area contributed by atoms with E-state index in [-0.39, 0.29) is 12.5 Å². The molecule has 1 rings (SSSR count). The second kappa shape index (κ2) is 32.8. The van der Waals surface area contributed by atoms with Gasteiger partial charge in [-0.15, -0.1) is 0 Å². The summed E-state index contributed by atoms with van der Waals surface area (Å²) >= 11 is 0. The van der Waals surface area contributed by atoms with Crippen molar-refractivity contribution in [3.05, 3.63) is 0 Å². The van der Waals surface area contributed by atoms with Crippen molar-refractivity contribution in [1.29, 1.82) is 0 Å².